The van der Waals surface area contributed by atoms with Crippen LogP contribution in [0.25, 0.3) is 11.3 Å². The van der Waals surface area contributed by atoms with E-state index in [2.05, 4.69) is 15.3 Å². The van der Waals surface area contributed by atoms with E-state index in [0.717, 1.165) is 34.0 Å². The molecule has 0 aliphatic rings. The number of hydrogen-bond donors (Lipinski definition) is 1. The van der Waals surface area contributed by atoms with Gasteiger partial charge in [0, 0.05) is 35.8 Å². The molecule has 5 heteroatoms. The van der Waals surface area contributed by atoms with E-state index in [9.17, 15) is 0 Å². The molecule has 2 N–H and O–H groups in total. The van der Waals surface area contributed by atoms with E-state index in [4.69, 9.17) is 10.5 Å². The first kappa shape index (κ1) is 14.7. The highest BCUT2D eigenvalue weighted by Gasteiger charge is 2.11. The topological polar surface area (TPSA) is 61.0 Å². The van der Waals surface area contributed by atoms with Gasteiger partial charge < -0.3 is 10.5 Å². The molecule has 0 aliphatic carbocycles. The highest BCUT2D eigenvalue weighted by Crippen LogP contribution is 2.25. The molecule has 0 aliphatic heterocycles. The molecular weight excluding hydrogens is 294 g/mol. The summed E-state index contributed by atoms with van der Waals surface area (Å²) in [6, 6.07) is 11.7. The summed E-state index contributed by atoms with van der Waals surface area (Å²) in [5.41, 5.74) is 9.42. The predicted octanol–water partition coefficient (Wildman–Crippen LogP) is 3.46. The lowest BCUT2D eigenvalue weighted by Gasteiger charge is -2.10. The second-order valence-electron chi connectivity index (χ2n) is 4.95. The Morgan fingerprint density at radius 1 is 1.14 bits per heavy atom. The maximum Gasteiger partial charge on any atom is 0.118 e. The Morgan fingerprint density at radius 2 is 1.86 bits per heavy atom. The number of rotatable bonds is 5. The van der Waals surface area contributed by atoms with Crippen LogP contribution in [0.2, 0.25) is 0 Å². The third kappa shape index (κ3) is 3.32. The van der Waals surface area contributed by atoms with Crippen molar-refractivity contribution >= 4 is 11.3 Å². The molecule has 112 valence electrons. The highest BCUT2D eigenvalue weighted by atomic mass is 32.1. The monoisotopic (exact) mass is 311 g/mol. The molecule has 0 bridgehead atoms. The number of ether oxygens (including phenoxy) is 1. The van der Waals surface area contributed by atoms with Crippen LogP contribution < -0.4 is 10.5 Å². The largest absolute Gasteiger partial charge is 0.497 e. The van der Waals surface area contributed by atoms with Gasteiger partial charge in [-0.15, -0.1) is 11.3 Å². The number of pyridine rings is 1. The molecule has 1 atom stereocenters. The molecule has 3 aromatic rings. The van der Waals surface area contributed by atoms with Crippen molar-refractivity contribution in [2.24, 2.45) is 5.73 Å². The molecule has 4 nitrogen and oxygen atoms in total. The number of nitrogens with zero attached hydrogens (tertiary/aromatic N) is 2. The number of methoxy groups -OCH3 is 1. The molecule has 0 spiro atoms. The highest BCUT2D eigenvalue weighted by molar-refractivity contribution is 7.09. The van der Waals surface area contributed by atoms with Crippen LogP contribution >= 0.6 is 11.3 Å². The molecule has 3 rings (SSSR count). The summed E-state index contributed by atoms with van der Waals surface area (Å²) in [7, 11) is 1.66. The summed E-state index contributed by atoms with van der Waals surface area (Å²) >= 11 is 1.64. The van der Waals surface area contributed by atoms with Crippen LogP contribution in [0.3, 0.4) is 0 Å². The second-order valence-corrected chi connectivity index (χ2v) is 5.89. The van der Waals surface area contributed by atoms with Crippen LogP contribution in [0.5, 0.6) is 5.75 Å². The van der Waals surface area contributed by atoms with Crippen molar-refractivity contribution in [2.75, 3.05) is 7.11 Å². The molecule has 1 aromatic carbocycles. The minimum atomic E-state index is -0.0673. The number of aromatic nitrogens is 2. The standard InChI is InChI=1S/C17H17N3OS/c1-21-14-4-2-12(3-5-14)15(18)10-17-20-16(11-22-17)13-6-8-19-9-7-13/h2-9,11,15H,10,18H2,1H3. The van der Waals surface area contributed by atoms with Crippen LogP contribution in [0.4, 0.5) is 0 Å². The fourth-order valence-electron chi connectivity index (χ4n) is 2.22. The molecule has 0 radical (unpaired) electrons. The third-order valence-corrected chi connectivity index (χ3v) is 4.34. The second kappa shape index (κ2) is 6.68. The minimum absolute atomic E-state index is 0.0673. The predicted molar refractivity (Wildman–Crippen MR) is 89.0 cm³/mol. The van der Waals surface area contributed by atoms with Crippen LogP contribution in [-0.2, 0) is 6.42 Å². The van der Waals surface area contributed by atoms with Gasteiger partial charge in [0.05, 0.1) is 17.8 Å². The zero-order valence-corrected chi connectivity index (χ0v) is 13.1. The average molecular weight is 311 g/mol. The molecule has 0 amide bonds. The van der Waals surface area contributed by atoms with Gasteiger partial charge in [-0.2, -0.15) is 0 Å². The smallest absolute Gasteiger partial charge is 0.118 e. The van der Waals surface area contributed by atoms with Gasteiger partial charge >= 0.3 is 0 Å². The Bertz CT molecular complexity index is 725. The lowest BCUT2D eigenvalue weighted by molar-refractivity contribution is 0.414. The van der Waals surface area contributed by atoms with Crippen molar-refractivity contribution in [2.45, 2.75) is 12.5 Å². The number of hydrogen-bond acceptors (Lipinski definition) is 5. The minimum Gasteiger partial charge on any atom is -0.497 e. The Hall–Kier alpha value is -2.24. The SMILES string of the molecule is COc1ccc(C(N)Cc2nc(-c3ccncc3)cs2)cc1. The van der Waals surface area contributed by atoms with Gasteiger partial charge in [-0.05, 0) is 29.8 Å². The Balaban J connectivity index is 1.71. The normalized spacial score (nSPS) is 12.1. The molecule has 0 saturated heterocycles. The van der Waals surface area contributed by atoms with Crippen molar-refractivity contribution in [3.05, 3.63) is 64.7 Å². The fourth-order valence-corrected chi connectivity index (χ4v) is 3.08. The zero-order valence-electron chi connectivity index (χ0n) is 12.3. The Kier molecular flexibility index (Phi) is 4.46. The van der Waals surface area contributed by atoms with E-state index in [1.54, 1.807) is 30.8 Å². The summed E-state index contributed by atoms with van der Waals surface area (Å²) in [6.45, 7) is 0. The van der Waals surface area contributed by atoms with Gasteiger partial charge in [0.25, 0.3) is 0 Å². The van der Waals surface area contributed by atoms with E-state index in [1.807, 2.05) is 36.4 Å². The van der Waals surface area contributed by atoms with Gasteiger partial charge in [0.15, 0.2) is 0 Å². The lowest BCUT2D eigenvalue weighted by Crippen LogP contribution is -2.13. The zero-order chi connectivity index (χ0) is 15.4. The fraction of sp³-hybridized carbons (Fsp3) is 0.176. The van der Waals surface area contributed by atoms with Crippen molar-refractivity contribution in [3.8, 4) is 17.0 Å². The number of thiazole rings is 1. The van der Waals surface area contributed by atoms with Crippen LogP contribution in [-0.4, -0.2) is 17.1 Å². The Morgan fingerprint density at radius 3 is 2.55 bits per heavy atom. The lowest BCUT2D eigenvalue weighted by atomic mass is 10.1. The van der Waals surface area contributed by atoms with E-state index in [0.29, 0.717) is 0 Å². The van der Waals surface area contributed by atoms with E-state index in [1.165, 1.54) is 0 Å². The van der Waals surface area contributed by atoms with Gasteiger partial charge in [0.1, 0.15) is 5.75 Å². The number of benzene rings is 1. The quantitative estimate of drug-likeness (QED) is 0.784. The van der Waals surface area contributed by atoms with Gasteiger partial charge in [-0.3, -0.25) is 4.98 Å². The van der Waals surface area contributed by atoms with Crippen LogP contribution in [0.1, 0.15) is 16.6 Å². The van der Waals surface area contributed by atoms with Crippen molar-refractivity contribution < 1.29 is 4.74 Å². The summed E-state index contributed by atoms with van der Waals surface area (Å²) in [6.07, 6.45) is 4.27. The summed E-state index contributed by atoms with van der Waals surface area (Å²) in [4.78, 5) is 8.69. The summed E-state index contributed by atoms with van der Waals surface area (Å²) in [5.74, 6) is 0.838. The van der Waals surface area contributed by atoms with Crippen molar-refractivity contribution in [3.63, 3.8) is 0 Å². The van der Waals surface area contributed by atoms with Gasteiger partial charge in [0.2, 0.25) is 0 Å². The third-order valence-electron chi connectivity index (χ3n) is 3.47. The molecule has 1 unspecified atom stereocenters. The van der Waals surface area contributed by atoms with Crippen LogP contribution in [0, 0.1) is 0 Å². The van der Waals surface area contributed by atoms with E-state index >= 15 is 0 Å². The molecule has 2 heterocycles. The van der Waals surface area contributed by atoms with Crippen LogP contribution in [0.15, 0.2) is 54.2 Å². The maximum absolute atomic E-state index is 6.28. The van der Waals surface area contributed by atoms with Gasteiger partial charge in [-0.25, -0.2) is 4.98 Å². The number of nitrogens with two attached hydrogens (primary N) is 1. The maximum atomic E-state index is 6.28. The molecule has 22 heavy (non-hydrogen) atoms. The van der Waals surface area contributed by atoms with E-state index < -0.39 is 0 Å². The first-order valence-corrected chi connectivity index (χ1v) is 7.88. The van der Waals surface area contributed by atoms with E-state index in [-0.39, 0.29) is 6.04 Å². The molecule has 0 fully saturated rings. The average Bonchev–Trinajstić information content (AvgIpc) is 3.04. The first-order valence-electron chi connectivity index (χ1n) is 7.00. The summed E-state index contributed by atoms with van der Waals surface area (Å²) in [5, 5.41) is 3.10. The van der Waals surface area contributed by atoms with Crippen molar-refractivity contribution in [1.29, 1.82) is 0 Å². The van der Waals surface area contributed by atoms with Gasteiger partial charge in [-0.1, -0.05) is 12.1 Å². The molecular formula is C17H17N3OS. The molecule has 2 aromatic heterocycles. The summed E-state index contributed by atoms with van der Waals surface area (Å²) < 4.78 is 5.16. The first-order chi connectivity index (χ1) is 10.8. The van der Waals surface area contributed by atoms with Crippen molar-refractivity contribution in [1.82, 2.24) is 9.97 Å². The molecule has 0 saturated carbocycles. The Labute approximate surface area is 133 Å².